The SMILES string of the molecule is CC(C1CC(CCCc2ccccc2)CCN1)n1ccnc1. The third-order valence-corrected chi connectivity index (χ3v) is 5.04. The molecular weight excluding hydrogens is 270 g/mol. The van der Waals surface area contributed by atoms with Gasteiger partial charge in [0.15, 0.2) is 0 Å². The number of hydrogen-bond acceptors (Lipinski definition) is 2. The van der Waals surface area contributed by atoms with E-state index in [2.05, 4.69) is 58.3 Å². The molecule has 3 unspecified atom stereocenters. The number of rotatable bonds is 6. The van der Waals surface area contributed by atoms with Crippen molar-refractivity contribution in [2.45, 2.75) is 51.1 Å². The van der Waals surface area contributed by atoms with Gasteiger partial charge in [0.05, 0.1) is 6.33 Å². The summed E-state index contributed by atoms with van der Waals surface area (Å²) in [6, 6.07) is 11.9. The third kappa shape index (κ3) is 3.98. The quantitative estimate of drug-likeness (QED) is 0.878. The fourth-order valence-corrected chi connectivity index (χ4v) is 3.62. The molecular formula is C19H27N3. The molecule has 1 aliphatic heterocycles. The summed E-state index contributed by atoms with van der Waals surface area (Å²) < 4.78 is 2.23. The van der Waals surface area contributed by atoms with Crippen molar-refractivity contribution < 1.29 is 0 Å². The van der Waals surface area contributed by atoms with Gasteiger partial charge in [0, 0.05) is 24.5 Å². The molecule has 0 radical (unpaired) electrons. The van der Waals surface area contributed by atoms with E-state index < -0.39 is 0 Å². The first-order valence-electron chi connectivity index (χ1n) is 8.57. The van der Waals surface area contributed by atoms with Crippen molar-refractivity contribution in [3.63, 3.8) is 0 Å². The van der Waals surface area contributed by atoms with Crippen LogP contribution < -0.4 is 5.32 Å². The van der Waals surface area contributed by atoms with Gasteiger partial charge in [0.25, 0.3) is 0 Å². The minimum atomic E-state index is 0.486. The lowest BCUT2D eigenvalue weighted by atomic mass is 9.85. The van der Waals surface area contributed by atoms with Crippen molar-refractivity contribution in [1.29, 1.82) is 0 Å². The summed E-state index contributed by atoms with van der Waals surface area (Å²) in [5, 5.41) is 3.70. The maximum absolute atomic E-state index is 4.18. The molecule has 3 rings (SSSR count). The Morgan fingerprint density at radius 1 is 1.32 bits per heavy atom. The number of imidazole rings is 1. The maximum atomic E-state index is 4.18. The minimum absolute atomic E-state index is 0.486. The second-order valence-electron chi connectivity index (χ2n) is 6.58. The molecule has 22 heavy (non-hydrogen) atoms. The number of piperidine rings is 1. The predicted octanol–water partition coefficient (Wildman–Crippen LogP) is 3.84. The highest BCUT2D eigenvalue weighted by atomic mass is 15.1. The van der Waals surface area contributed by atoms with Crippen LogP contribution in [-0.2, 0) is 6.42 Å². The fraction of sp³-hybridized carbons (Fsp3) is 0.526. The van der Waals surface area contributed by atoms with Crippen LogP contribution in [0.15, 0.2) is 49.1 Å². The average Bonchev–Trinajstić information content (AvgIpc) is 3.10. The van der Waals surface area contributed by atoms with Gasteiger partial charge < -0.3 is 9.88 Å². The highest BCUT2D eigenvalue weighted by Crippen LogP contribution is 2.27. The topological polar surface area (TPSA) is 29.9 Å². The summed E-state index contributed by atoms with van der Waals surface area (Å²) in [4.78, 5) is 4.18. The lowest BCUT2D eigenvalue weighted by Crippen LogP contribution is -2.42. The van der Waals surface area contributed by atoms with E-state index in [0.29, 0.717) is 12.1 Å². The molecule has 0 spiro atoms. The van der Waals surface area contributed by atoms with Crippen LogP contribution in [0, 0.1) is 5.92 Å². The smallest absolute Gasteiger partial charge is 0.0948 e. The lowest BCUT2D eigenvalue weighted by Gasteiger charge is -2.34. The minimum Gasteiger partial charge on any atom is -0.333 e. The maximum Gasteiger partial charge on any atom is 0.0948 e. The molecule has 0 bridgehead atoms. The van der Waals surface area contributed by atoms with Crippen molar-refractivity contribution >= 4 is 0 Å². The van der Waals surface area contributed by atoms with Crippen molar-refractivity contribution in [3.05, 3.63) is 54.6 Å². The Morgan fingerprint density at radius 2 is 2.18 bits per heavy atom. The number of hydrogen-bond donors (Lipinski definition) is 1. The van der Waals surface area contributed by atoms with Crippen molar-refractivity contribution in [3.8, 4) is 0 Å². The number of benzene rings is 1. The molecule has 1 aromatic carbocycles. The van der Waals surface area contributed by atoms with Gasteiger partial charge >= 0.3 is 0 Å². The second kappa shape index (κ2) is 7.59. The fourth-order valence-electron chi connectivity index (χ4n) is 3.62. The van der Waals surface area contributed by atoms with Gasteiger partial charge in [-0.3, -0.25) is 0 Å². The van der Waals surface area contributed by atoms with E-state index >= 15 is 0 Å². The van der Waals surface area contributed by atoms with Gasteiger partial charge in [-0.2, -0.15) is 0 Å². The molecule has 2 aromatic rings. The zero-order chi connectivity index (χ0) is 15.2. The van der Waals surface area contributed by atoms with Crippen LogP contribution in [0.2, 0.25) is 0 Å². The van der Waals surface area contributed by atoms with E-state index in [1.165, 1.54) is 37.7 Å². The van der Waals surface area contributed by atoms with Crippen LogP contribution in [0.25, 0.3) is 0 Å². The molecule has 118 valence electrons. The van der Waals surface area contributed by atoms with E-state index in [4.69, 9.17) is 0 Å². The van der Waals surface area contributed by atoms with Crippen LogP contribution >= 0.6 is 0 Å². The summed E-state index contributed by atoms with van der Waals surface area (Å²) in [5.41, 5.74) is 1.47. The molecule has 1 saturated heterocycles. The Morgan fingerprint density at radius 3 is 2.95 bits per heavy atom. The van der Waals surface area contributed by atoms with E-state index in [1.54, 1.807) is 0 Å². The lowest BCUT2D eigenvalue weighted by molar-refractivity contribution is 0.235. The molecule has 0 saturated carbocycles. The molecule has 2 heterocycles. The second-order valence-corrected chi connectivity index (χ2v) is 6.58. The molecule has 1 N–H and O–H groups in total. The Hall–Kier alpha value is -1.61. The van der Waals surface area contributed by atoms with E-state index in [1.807, 2.05) is 12.5 Å². The molecule has 1 aliphatic rings. The summed E-state index contributed by atoms with van der Waals surface area (Å²) in [6.07, 6.45) is 12.4. The van der Waals surface area contributed by atoms with Gasteiger partial charge in [0.1, 0.15) is 0 Å². The van der Waals surface area contributed by atoms with E-state index in [9.17, 15) is 0 Å². The number of aryl methyl sites for hydroxylation is 1. The predicted molar refractivity (Wildman–Crippen MR) is 90.8 cm³/mol. The molecule has 0 aliphatic carbocycles. The largest absolute Gasteiger partial charge is 0.333 e. The van der Waals surface area contributed by atoms with Crippen molar-refractivity contribution in [2.75, 3.05) is 6.54 Å². The summed E-state index contributed by atoms with van der Waals surface area (Å²) in [6.45, 7) is 3.45. The Bertz CT molecular complexity index is 535. The van der Waals surface area contributed by atoms with Crippen LogP contribution in [0.3, 0.4) is 0 Å². The molecule has 0 amide bonds. The number of nitrogens with one attached hydrogen (secondary N) is 1. The molecule has 1 fully saturated rings. The first-order valence-corrected chi connectivity index (χ1v) is 8.57. The normalized spacial score (nSPS) is 23.3. The highest BCUT2D eigenvalue weighted by Gasteiger charge is 2.26. The average molecular weight is 297 g/mol. The van der Waals surface area contributed by atoms with Crippen molar-refractivity contribution in [2.24, 2.45) is 5.92 Å². The number of aromatic nitrogens is 2. The molecule has 3 nitrogen and oxygen atoms in total. The van der Waals surface area contributed by atoms with E-state index in [-0.39, 0.29) is 0 Å². The van der Waals surface area contributed by atoms with Gasteiger partial charge in [0.2, 0.25) is 0 Å². The molecule has 3 atom stereocenters. The van der Waals surface area contributed by atoms with E-state index in [0.717, 1.165) is 12.5 Å². The van der Waals surface area contributed by atoms with Crippen LogP contribution in [0.4, 0.5) is 0 Å². The van der Waals surface area contributed by atoms with Crippen LogP contribution in [0.1, 0.15) is 44.2 Å². The highest BCUT2D eigenvalue weighted by molar-refractivity contribution is 5.14. The third-order valence-electron chi connectivity index (χ3n) is 5.04. The molecule has 1 aromatic heterocycles. The summed E-state index contributed by atoms with van der Waals surface area (Å²) in [7, 11) is 0. The zero-order valence-corrected chi connectivity index (χ0v) is 13.5. The number of nitrogens with zero attached hydrogens (tertiary/aromatic N) is 2. The standard InChI is InChI=1S/C19H27N3/c1-16(22-13-12-20-15-22)19-14-18(10-11-21-19)9-5-8-17-6-3-2-4-7-17/h2-4,6-7,12-13,15-16,18-19,21H,5,8-11,14H2,1H3. The van der Waals surface area contributed by atoms with Gasteiger partial charge in [-0.05, 0) is 50.6 Å². The first kappa shape index (κ1) is 15.3. The zero-order valence-electron chi connectivity index (χ0n) is 13.5. The Balaban J connectivity index is 1.46. The Kier molecular flexibility index (Phi) is 5.28. The first-order chi connectivity index (χ1) is 10.8. The monoisotopic (exact) mass is 297 g/mol. The molecule has 3 heteroatoms. The summed E-state index contributed by atoms with van der Waals surface area (Å²) in [5.74, 6) is 0.862. The van der Waals surface area contributed by atoms with Crippen molar-refractivity contribution in [1.82, 2.24) is 14.9 Å². The van der Waals surface area contributed by atoms with Gasteiger partial charge in [-0.1, -0.05) is 36.8 Å². The Labute approximate surface area is 133 Å². The van der Waals surface area contributed by atoms with Gasteiger partial charge in [-0.15, -0.1) is 0 Å². The van der Waals surface area contributed by atoms with Crippen LogP contribution in [0.5, 0.6) is 0 Å². The van der Waals surface area contributed by atoms with Gasteiger partial charge in [-0.25, -0.2) is 4.98 Å². The van der Waals surface area contributed by atoms with Crippen LogP contribution in [-0.4, -0.2) is 22.1 Å². The summed E-state index contributed by atoms with van der Waals surface area (Å²) >= 11 is 0.